The number of hydrogen-bond donors (Lipinski definition) is 2. The van der Waals surface area contributed by atoms with Crippen molar-refractivity contribution in [1.82, 2.24) is 10.2 Å². The van der Waals surface area contributed by atoms with Gasteiger partial charge in [-0.2, -0.15) is 0 Å². The molecule has 9 nitrogen and oxygen atoms in total. The number of hydrogen-bond acceptors (Lipinski definition) is 6. The SMILES string of the molecule is CCOc1ccc(NC(=O)CNC(=O)C2CCN(C(=O)c3cc(OC)cc(OC)c3)CC2)cc1. The average Bonchev–Trinajstić information content (AvgIpc) is 2.87. The Balaban J connectivity index is 1.45. The van der Waals surface area contributed by atoms with Gasteiger partial charge in [-0.25, -0.2) is 0 Å². The number of rotatable bonds is 9. The molecule has 1 heterocycles. The third-order valence-corrected chi connectivity index (χ3v) is 5.62. The molecule has 1 aliphatic rings. The van der Waals surface area contributed by atoms with Gasteiger partial charge in [0.25, 0.3) is 5.91 Å². The first-order valence-electron chi connectivity index (χ1n) is 11.3. The van der Waals surface area contributed by atoms with Crippen LogP contribution in [-0.4, -0.2) is 63.1 Å². The van der Waals surface area contributed by atoms with E-state index in [1.54, 1.807) is 47.4 Å². The molecule has 0 saturated carbocycles. The largest absolute Gasteiger partial charge is 0.497 e. The minimum Gasteiger partial charge on any atom is -0.497 e. The van der Waals surface area contributed by atoms with Gasteiger partial charge in [-0.1, -0.05) is 0 Å². The molecule has 0 bridgehead atoms. The number of nitrogens with zero attached hydrogens (tertiary/aromatic N) is 1. The molecule has 0 unspecified atom stereocenters. The Morgan fingerprint density at radius 1 is 0.941 bits per heavy atom. The van der Waals surface area contributed by atoms with Crippen molar-refractivity contribution in [3.05, 3.63) is 48.0 Å². The number of likely N-dealkylation sites (tertiary alicyclic amines) is 1. The topological polar surface area (TPSA) is 106 Å². The maximum absolute atomic E-state index is 12.9. The van der Waals surface area contributed by atoms with Crippen molar-refractivity contribution in [1.29, 1.82) is 0 Å². The van der Waals surface area contributed by atoms with Gasteiger partial charge in [-0.05, 0) is 56.2 Å². The van der Waals surface area contributed by atoms with Gasteiger partial charge in [0.15, 0.2) is 0 Å². The quantitative estimate of drug-likeness (QED) is 0.585. The second kappa shape index (κ2) is 11.9. The molecule has 9 heteroatoms. The first-order valence-corrected chi connectivity index (χ1v) is 11.3. The molecule has 0 atom stereocenters. The summed E-state index contributed by atoms with van der Waals surface area (Å²) in [5.41, 5.74) is 1.11. The van der Waals surface area contributed by atoms with Crippen LogP contribution in [0.3, 0.4) is 0 Å². The lowest BCUT2D eigenvalue weighted by atomic mass is 9.95. The van der Waals surface area contributed by atoms with Crippen LogP contribution in [0.5, 0.6) is 17.2 Å². The molecular weight excluding hydrogens is 438 g/mol. The van der Waals surface area contributed by atoms with Gasteiger partial charge in [0.2, 0.25) is 11.8 Å². The van der Waals surface area contributed by atoms with E-state index in [-0.39, 0.29) is 30.2 Å². The lowest BCUT2D eigenvalue weighted by Crippen LogP contribution is -2.44. The zero-order chi connectivity index (χ0) is 24.5. The predicted octanol–water partition coefficient (Wildman–Crippen LogP) is 2.71. The first-order chi connectivity index (χ1) is 16.4. The molecule has 0 aliphatic carbocycles. The summed E-state index contributed by atoms with van der Waals surface area (Å²) in [5, 5.41) is 5.44. The summed E-state index contributed by atoms with van der Waals surface area (Å²) in [4.78, 5) is 39.4. The van der Waals surface area contributed by atoms with Gasteiger partial charge in [-0.3, -0.25) is 14.4 Å². The molecule has 34 heavy (non-hydrogen) atoms. The summed E-state index contributed by atoms with van der Waals surface area (Å²) in [6.07, 6.45) is 1.05. The van der Waals surface area contributed by atoms with E-state index in [4.69, 9.17) is 14.2 Å². The van der Waals surface area contributed by atoms with Crippen molar-refractivity contribution >= 4 is 23.4 Å². The van der Waals surface area contributed by atoms with Crippen molar-refractivity contribution in [2.24, 2.45) is 5.92 Å². The highest BCUT2D eigenvalue weighted by Crippen LogP contribution is 2.25. The Kier molecular flexibility index (Phi) is 8.73. The number of methoxy groups -OCH3 is 2. The highest BCUT2D eigenvalue weighted by Gasteiger charge is 2.28. The molecule has 3 amide bonds. The van der Waals surface area contributed by atoms with E-state index < -0.39 is 0 Å². The molecule has 0 radical (unpaired) electrons. The molecule has 0 spiro atoms. The summed E-state index contributed by atoms with van der Waals surface area (Å²) in [7, 11) is 3.07. The van der Waals surface area contributed by atoms with Crippen molar-refractivity contribution in [3.8, 4) is 17.2 Å². The lowest BCUT2D eigenvalue weighted by molar-refractivity contribution is -0.128. The fraction of sp³-hybridized carbons (Fsp3) is 0.400. The minimum absolute atomic E-state index is 0.116. The first kappa shape index (κ1) is 24.9. The van der Waals surface area contributed by atoms with Gasteiger partial charge in [0.1, 0.15) is 17.2 Å². The monoisotopic (exact) mass is 469 g/mol. The molecule has 2 aromatic carbocycles. The van der Waals surface area contributed by atoms with Crippen molar-refractivity contribution < 1.29 is 28.6 Å². The van der Waals surface area contributed by atoms with Crippen LogP contribution in [0, 0.1) is 5.92 Å². The molecule has 0 aromatic heterocycles. The summed E-state index contributed by atoms with van der Waals surface area (Å²) >= 11 is 0. The number of nitrogens with one attached hydrogen (secondary N) is 2. The molecule has 2 aromatic rings. The minimum atomic E-state index is -0.308. The summed E-state index contributed by atoms with van der Waals surface area (Å²) in [6, 6.07) is 12.1. The standard InChI is InChI=1S/C25H31N3O6/c1-4-34-20-7-5-19(6-8-20)27-23(29)16-26-24(30)17-9-11-28(12-10-17)25(31)18-13-21(32-2)15-22(14-18)33-3/h5-8,13-15,17H,4,9-12,16H2,1-3H3,(H,26,30)(H,27,29). The average molecular weight is 470 g/mol. The highest BCUT2D eigenvalue weighted by atomic mass is 16.5. The number of carbonyl (C=O) groups is 3. The van der Waals surface area contributed by atoms with Crippen LogP contribution in [0.2, 0.25) is 0 Å². The van der Waals surface area contributed by atoms with Gasteiger partial charge >= 0.3 is 0 Å². The van der Waals surface area contributed by atoms with Crippen molar-refractivity contribution in [2.75, 3.05) is 45.8 Å². The fourth-order valence-electron chi connectivity index (χ4n) is 3.78. The number of ether oxygens (including phenoxy) is 3. The van der Waals surface area contributed by atoms with Crippen LogP contribution in [0.4, 0.5) is 5.69 Å². The van der Waals surface area contributed by atoms with Gasteiger partial charge in [0.05, 0.1) is 27.4 Å². The second-order valence-electron chi connectivity index (χ2n) is 7.89. The number of piperidine rings is 1. The van der Waals surface area contributed by atoms with E-state index in [1.807, 2.05) is 6.92 Å². The smallest absolute Gasteiger partial charge is 0.254 e. The Morgan fingerprint density at radius 2 is 1.56 bits per heavy atom. The molecular formula is C25H31N3O6. The van der Waals surface area contributed by atoms with Crippen molar-refractivity contribution in [3.63, 3.8) is 0 Å². The number of carbonyl (C=O) groups excluding carboxylic acids is 3. The van der Waals surface area contributed by atoms with Gasteiger partial charge in [0, 0.05) is 36.3 Å². The van der Waals surface area contributed by atoms with Gasteiger partial charge in [-0.15, -0.1) is 0 Å². The Hall–Kier alpha value is -3.75. The molecule has 2 N–H and O–H groups in total. The lowest BCUT2D eigenvalue weighted by Gasteiger charge is -2.31. The Bertz CT molecular complexity index is 978. The third kappa shape index (κ3) is 6.63. The zero-order valence-corrected chi connectivity index (χ0v) is 19.8. The van der Waals surface area contributed by atoms with Crippen LogP contribution in [-0.2, 0) is 9.59 Å². The number of anilines is 1. The molecule has 182 valence electrons. The van der Waals surface area contributed by atoms with E-state index in [1.165, 1.54) is 14.2 Å². The van der Waals surface area contributed by atoms with Crippen LogP contribution < -0.4 is 24.8 Å². The van der Waals surface area contributed by atoms with E-state index in [9.17, 15) is 14.4 Å². The maximum atomic E-state index is 12.9. The normalized spacial score (nSPS) is 13.7. The van der Waals surface area contributed by atoms with Crippen LogP contribution in [0.25, 0.3) is 0 Å². The predicted molar refractivity (Wildman–Crippen MR) is 127 cm³/mol. The number of amides is 3. The molecule has 3 rings (SSSR count). The second-order valence-corrected chi connectivity index (χ2v) is 7.89. The summed E-state index contributed by atoms with van der Waals surface area (Å²) in [5.74, 6) is 0.937. The van der Waals surface area contributed by atoms with Gasteiger partial charge < -0.3 is 29.7 Å². The Labute approximate surface area is 199 Å². The molecule has 1 fully saturated rings. The van der Waals surface area contributed by atoms with E-state index in [0.717, 1.165) is 5.75 Å². The summed E-state index contributed by atoms with van der Waals surface area (Å²) in [6.45, 7) is 3.26. The van der Waals surface area contributed by atoms with E-state index in [0.29, 0.717) is 55.3 Å². The maximum Gasteiger partial charge on any atom is 0.254 e. The van der Waals surface area contributed by atoms with E-state index in [2.05, 4.69) is 10.6 Å². The van der Waals surface area contributed by atoms with Crippen LogP contribution in [0.1, 0.15) is 30.1 Å². The number of benzene rings is 2. The van der Waals surface area contributed by atoms with Crippen LogP contribution in [0.15, 0.2) is 42.5 Å². The summed E-state index contributed by atoms with van der Waals surface area (Å²) < 4.78 is 15.9. The zero-order valence-electron chi connectivity index (χ0n) is 19.8. The van der Waals surface area contributed by atoms with Crippen LogP contribution >= 0.6 is 0 Å². The molecule has 1 saturated heterocycles. The van der Waals surface area contributed by atoms with E-state index >= 15 is 0 Å². The van der Waals surface area contributed by atoms with Crippen molar-refractivity contribution in [2.45, 2.75) is 19.8 Å². The third-order valence-electron chi connectivity index (χ3n) is 5.62. The molecule has 1 aliphatic heterocycles. The highest BCUT2D eigenvalue weighted by molar-refractivity contribution is 5.96. The fourth-order valence-corrected chi connectivity index (χ4v) is 3.78. The Morgan fingerprint density at radius 3 is 2.12 bits per heavy atom.